The Labute approximate surface area is 131 Å². The molecule has 0 aliphatic carbocycles. The van der Waals surface area contributed by atoms with Crippen molar-refractivity contribution in [2.24, 2.45) is 0 Å². The first-order valence-corrected chi connectivity index (χ1v) is 8.96. The SMILES string of the molecule is OP(O)(=S)NN(c1ccc(Cl)cc1)c1ccc(Cl)cc1. The van der Waals surface area contributed by atoms with E-state index in [1.165, 1.54) is 5.01 Å². The maximum atomic E-state index is 9.50. The number of anilines is 2. The highest BCUT2D eigenvalue weighted by molar-refractivity contribution is 8.08. The molecule has 106 valence electrons. The average molecular weight is 349 g/mol. The smallest absolute Gasteiger partial charge is 0.274 e. The van der Waals surface area contributed by atoms with Crippen molar-refractivity contribution in [1.29, 1.82) is 0 Å². The Balaban J connectivity index is 2.41. The number of halogens is 2. The van der Waals surface area contributed by atoms with Crippen molar-refractivity contribution in [2.75, 3.05) is 5.01 Å². The van der Waals surface area contributed by atoms with Crippen LogP contribution in [0.3, 0.4) is 0 Å². The van der Waals surface area contributed by atoms with Gasteiger partial charge in [-0.3, -0.25) is 5.01 Å². The second-order valence-electron chi connectivity index (χ2n) is 3.93. The monoisotopic (exact) mass is 348 g/mol. The lowest BCUT2D eigenvalue weighted by atomic mass is 10.2. The standard InChI is InChI=1S/C12H11Cl2N2O2PS/c13-9-1-5-11(6-2-9)16(15-19(17,18)20)12-7-3-10(14)4-8-12/h1-8H,(H3,15,17,18,20). The highest BCUT2D eigenvalue weighted by Gasteiger charge is 2.16. The molecule has 0 saturated carbocycles. The molecule has 0 aliphatic heterocycles. The lowest BCUT2D eigenvalue weighted by Gasteiger charge is -2.27. The maximum Gasteiger partial charge on any atom is 0.274 e. The molecular formula is C12H11Cl2N2O2PS. The van der Waals surface area contributed by atoms with Gasteiger partial charge >= 0.3 is 0 Å². The summed E-state index contributed by atoms with van der Waals surface area (Å²) in [5.74, 6) is 0. The molecular weight excluding hydrogens is 338 g/mol. The van der Waals surface area contributed by atoms with Crippen LogP contribution in [0.15, 0.2) is 48.5 Å². The van der Waals surface area contributed by atoms with Gasteiger partial charge in [0.1, 0.15) is 0 Å². The molecule has 0 spiro atoms. The minimum Gasteiger partial charge on any atom is -0.333 e. The quantitative estimate of drug-likeness (QED) is 0.578. The summed E-state index contributed by atoms with van der Waals surface area (Å²) in [6.45, 7) is -3.63. The Hall–Kier alpha value is -0.650. The first kappa shape index (κ1) is 15.7. The van der Waals surface area contributed by atoms with E-state index in [-0.39, 0.29) is 0 Å². The van der Waals surface area contributed by atoms with Crippen molar-refractivity contribution in [3.63, 3.8) is 0 Å². The van der Waals surface area contributed by atoms with Gasteiger partial charge in [0, 0.05) is 10.0 Å². The van der Waals surface area contributed by atoms with Crippen LogP contribution in [-0.4, -0.2) is 9.79 Å². The maximum absolute atomic E-state index is 9.50. The number of benzene rings is 2. The first-order chi connectivity index (χ1) is 9.35. The Bertz CT molecular complexity index is 585. The molecule has 2 aromatic rings. The fraction of sp³-hybridized carbons (Fsp3) is 0. The third-order valence-electron chi connectivity index (χ3n) is 2.40. The van der Waals surface area contributed by atoms with Gasteiger partial charge in [0.15, 0.2) is 0 Å². The fourth-order valence-corrected chi connectivity index (χ4v) is 2.56. The molecule has 20 heavy (non-hydrogen) atoms. The molecule has 2 rings (SSSR count). The van der Waals surface area contributed by atoms with E-state index in [9.17, 15) is 9.79 Å². The van der Waals surface area contributed by atoms with Crippen LogP contribution in [0.4, 0.5) is 11.4 Å². The number of hydrogen-bond donors (Lipinski definition) is 3. The molecule has 0 unspecified atom stereocenters. The molecule has 0 atom stereocenters. The zero-order chi connectivity index (χ0) is 14.8. The molecule has 8 heteroatoms. The molecule has 0 heterocycles. The summed E-state index contributed by atoms with van der Waals surface area (Å²) in [5.41, 5.74) is 1.32. The molecule has 0 amide bonds. The second-order valence-corrected chi connectivity index (χ2v) is 7.62. The van der Waals surface area contributed by atoms with Crippen LogP contribution in [-0.2, 0) is 11.8 Å². The normalized spacial score (nSPS) is 11.4. The number of hydrazine groups is 1. The van der Waals surface area contributed by atoms with Gasteiger partial charge < -0.3 is 9.79 Å². The fourth-order valence-electron chi connectivity index (χ4n) is 1.58. The Morgan fingerprint density at radius 1 is 0.850 bits per heavy atom. The zero-order valence-corrected chi connectivity index (χ0v) is 13.3. The minimum atomic E-state index is -3.63. The van der Waals surface area contributed by atoms with E-state index in [1.54, 1.807) is 48.5 Å². The van der Waals surface area contributed by atoms with Crippen LogP contribution in [0.5, 0.6) is 0 Å². The van der Waals surface area contributed by atoms with E-state index in [1.807, 2.05) is 0 Å². The van der Waals surface area contributed by atoms with Crippen LogP contribution >= 0.6 is 29.8 Å². The zero-order valence-electron chi connectivity index (χ0n) is 10.1. The molecule has 0 fully saturated rings. The first-order valence-electron chi connectivity index (χ1n) is 5.50. The van der Waals surface area contributed by atoms with Gasteiger partial charge in [-0.15, -0.1) is 0 Å². The van der Waals surface area contributed by atoms with Crippen LogP contribution < -0.4 is 10.2 Å². The summed E-state index contributed by atoms with van der Waals surface area (Å²) in [5, 5.41) is 5.15. The predicted octanol–water partition coefficient (Wildman–Crippen LogP) is 3.85. The van der Waals surface area contributed by atoms with E-state index in [0.29, 0.717) is 21.4 Å². The van der Waals surface area contributed by atoms with Gasteiger partial charge in [-0.25, -0.2) is 0 Å². The van der Waals surface area contributed by atoms with Gasteiger partial charge in [0.05, 0.1) is 11.4 Å². The molecule has 0 radical (unpaired) electrons. The van der Waals surface area contributed by atoms with Crippen molar-refractivity contribution in [3.05, 3.63) is 58.6 Å². The van der Waals surface area contributed by atoms with Gasteiger partial charge in [-0.05, 0) is 60.3 Å². The number of hydrogen-bond acceptors (Lipinski definition) is 2. The predicted molar refractivity (Wildman–Crippen MR) is 86.9 cm³/mol. The summed E-state index contributed by atoms with van der Waals surface area (Å²) < 4.78 is 0. The molecule has 3 N–H and O–H groups in total. The highest BCUT2D eigenvalue weighted by Crippen LogP contribution is 2.35. The largest absolute Gasteiger partial charge is 0.333 e. The number of nitrogens with zero attached hydrogens (tertiary/aromatic N) is 1. The summed E-state index contributed by atoms with van der Waals surface area (Å²) >= 11 is 16.3. The Morgan fingerprint density at radius 3 is 1.50 bits per heavy atom. The van der Waals surface area contributed by atoms with Crippen molar-refractivity contribution < 1.29 is 9.79 Å². The lowest BCUT2D eigenvalue weighted by Crippen LogP contribution is -2.30. The summed E-state index contributed by atoms with van der Waals surface area (Å²) in [4.78, 5) is 19.0. The van der Waals surface area contributed by atoms with Crippen LogP contribution in [0.2, 0.25) is 10.0 Å². The van der Waals surface area contributed by atoms with E-state index < -0.39 is 6.64 Å². The van der Waals surface area contributed by atoms with E-state index in [2.05, 4.69) is 17.0 Å². The topological polar surface area (TPSA) is 55.7 Å². The van der Waals surface area contributed by atoms with E-state index in [4.69, 9.17) is 23.2 Å². The number of nitrogens with one attached hydrogen (secondary N) is 1. The Morgan fingerprint density at radius 2 is 1.20 bits per heavy atom. The minimum absolute atomic E-state index is 0.581. The molecule has 0 saturated heterocycles. The van der Waals surface area contributed by atoms with Crippen molar-refractivity contribution in [3.8, 4) is 0 Å². The molecule has 0 aliphatic rings. The highest BCUT2D eigenvalue weighted by atomic mass is 35.5. The van der Waals surface area contributed by atoms with Gasteiger partial charge in [-0.2, -0.15) is 5.20 Å². The lowest BCUT2D eigenvalue weighted by molar-refractivity contribution is 0.462. The van der Waals surface area contributed by atoms with Crippen LogP contribution in [0, 0.1) is 0 Å². The summed E-state index contributed by atoms with van der Waals surface area (Å²) in [7, 11) is 0. The molecule has 0 aromatic heterocycles. The van der Waals surface area contributed by atoms with E-state index in [0.717, 1.165) is 0 Å². The summed E-state index contributed by atoms with van der Waals surface area (Å²) in [6.07, 6.45) is 0. The van der Waals surface area contributed by atoms with Gasteiger partial charge in [0.2, 0.25) is 0 Å². The van der Waals surface area contributed by atoms with Crippen LogP contribution in [0.1, 0.15) is 0 Å². The van der Waals surface area contributed by atoms with Gasteiger partial charge in [-0.1, -0.05) is 23.2 Å². The molecule has 2 aromatic carbocycles. The third kappa shape index (κ3) is 4.43. The van der Waals surface area contributed by atoms with E-state index >= 15 is 0 Å². The van der Waals surface area contributed by atoms with Crippen molar-refractivity contribution >= 4 is 53.0 Å². The molecule has 4 nitrogen and oxygen atoms in total. The number of rotatable bonds is 4. The summed E-state index contributed by atoms with van der Waals surface area (Å²) in [6, 6.07) is 13.7. The molecule has 0 bridgehead atoms. The average Bonchev–Trinajstić information content (AvgIpc) is 2.37. The van der Waals surface area contributed by atoms with Crippen molar-refractivity contribution in [1.82, 2.24) is 5.20 Å². The second kappa shape index (κ2) is 6.41. The van der Waals surface area contributed by atoms with Gasteiger partial charge in [0.25, 0.3) is 6.64 Å². The van der Waals surface area contributed by atoms with Crippen LogP contribution in [0.25, 0.3) is 0 Å². The third-order valence-corrected chi connectivity index (χ3v) is 3.61. The Kier molecular flexibility index (Phi) is 5.04. The van der Waals surface area contributed by atoms with Crippen molar-refractivity contribution in [2.45, 2.75) is 0 Å².